The van der Waals surface area contributed by atoms with Crippen LogP contribution in [0.1, 0.15) is 32.4 Å². The van der Waals surface area contributed by atoms with Gasteiger partial charge in [-0.05, 0) is 43.2 Å². The van der Waals surface area contributed by atoms with E-state index < -0.39 is 0 Å². The first-order valence-electron chi connectivity index (χ1n) is 8.05. The zero-order chi connectivity index (χ0) is 16.8. The third kappa shape index (κ3) is 5.21. The summed E-state index contributed by atoms with van der Waals surface area (Å²) < 4.78 is 0. The molecule has 1 aliphatic rings. The van der Waals surface area contributed by atoms with Gasteiger partial charge in [0.15, 0.2) is 0 Å². The van der Waals surface area contributed by atoms with Crippen molar-refractivity contribution in [3.8, 4) is 0 Å². The number of piperazine rings is 1. The molecule has 3 amide bonds. The highest BCUT2D eigenvalue weighted by Crippen LogP contribution is 2.23. The third-order valence-electron chi connectivity index (χ3n) is 4.02. The minimum atomic E-state index is -0.160. The quantitative estimate of drug-likeness (QED) is 0.858. The van der Waals surface area contributed by atoms with E-state index in [-0.39, 0.29) is 24.5 Å². The first-order chi connectivity index (χ1) is 11.0. The van der Waals surface area contributed by atoms with Gasteiger partial charge in [0.2, 0.25) is 5.91 Å². The van der Waals surface area contributed by atoms with Gasteiger partial charge in [0.05, 0.1) is 6.54 Å². The van der Waals surface area contributed by atoms with E-state index in [0.29, 0.717) is 19.1 Å². The second kappa shape index (κ2) is 8.31. The van der Waals surface area contributed by atoms with Crippen LogP contribution >= 0.6 is 11.3 Å². The number of urea groups is 1. The molecule has 2 rings (SSSR count). The molecule has 1 saturated heterocycles. The Morgan fingerprint density at radius 3 is 2.48 bits per heavy atom. The van der Waals surface area contributed by atoms with E-state index in [1.54, 1.807) is 16.2 Å². The molecule has 0 unspecified atom stereocenters. The van der Waals surface area contributed by atoms with Crippen LogP contribution in [0.15, 0.2) is 16.8 Å². The average molecular weight is 338 g/mol. The summed E-state index contributed by atoms with van der Waals surface area (Å²) in [6.45, 7) is 9.10. The molecule has 0 radical (unpaired) electrons. The van der Waals surface area contributed by atoms with Gasteiger partial charge in [-0.15, -0.1) is 0 Å². The van der Waals surface area contributed by atoms with Crippen molar-refractivity contribution in [2.75, 3.05) is 32.7 Å². The molecule has 2 heterocycles. The average Bonchev–Trinajstić information content (AvgIpc) is 3.06. The van der Waals surface area contributed by atoms with Gasteiger partial charge in [0, 0.05) is 38.3 Å². The summed E-state index contributed by atoms with van der Waals surface area (Å²) in [5.74, 6) is -0.155. The number of amides is 3. The lowest BCUT2D eigenvalue weighted by atomic mass is 10.1. The molecule has 128 valence electrons. The predicted octanol–water partition coefficient (Wildman–Crippen LogP) is 1.66. The van der Waals surface area contributed by atoms with Crippen LogP contribution in [-0.2, 0) is 4.79 Å². The first kappa shape index (κ1) is 17.7. The molecule has 6 nitrogen and oxygen atoms in total. The lowest BCUT2D eigenvalue weighted by Gasteiger charge is -2.37. The molecular formula is C16H26N4O2S. The van der Waals surface area contributed by atoms with Crippen LogP contribution in [0, 0.1) is 0 Å². The van der Waals surface area contributed by atoms with Crippen molar-refractivity contribution in [3.05, 3.63) is 22.4 Å². The normalized spacial score (nSPS) is 17.1. The van der Waals surface area contributed by atoms with Crippen molar-refractivity contribution in [1.29, 1.82) is 0 Å². The Bertz CT molecular complexity index is 510. The van der Waals surface area contributed by atoms with E-state index in [1.807, 2.05) is 13.8 Å². The molecule has 0 aliphatic carbocycles. The van der Waals surface area contributed by atoms with E-state index >= 15 is 0 Å². The number of hydrogen-bond donors (Lipinski definition) is 2. The van der Waals surface area contributed by atoms with Gasteiger partial charge < -0.3 is 15.5 Å². The number of carbonyl (C=O) groups is 2. The van der Waals surface area contributed by atoms with Gasteiger partial charge in [-0.2, -0.15) is 11.3 Å². The van der Waals surface area contributed by atoms with Crippen LogP contribution in [0.3, 0.4) is 0 Å². The van der Waals surface area contributed by atoms with Gasteiger partial charge in [0.25, 0.3) is 0 Å². The Morgan fingerprint density at radius 2 is 1.91 bits per heavy atom. The van der Waals surface area contributed by atoms with Crippen LogP contribution in [0.4, 0.5) is 4.79 Å². The van der Waals surface area contributed by atoms with Crippen molar-refractivity contribution in [2.24, 2.45) is 0 Å². The Balaban J connectivity index is 1.73. The maximum Gasteiger partial charge on any atom is 0.317 e. The van der Waals surface area contributed by atoms with Crippen molar-refractivity contribution in [3.63, 3.8) is 0 Å². The molecule has 1 fully saturated rings. The van der Waals surface area contributed by atoms with Gasteiger partial charge in [-0.1, -0.05) is 0 Å². The van der Waals surface area contributed by atoms with Crippen LogP contribution < -0.4 is 10.6 Å². The van der Waals surface area contributed by atoms with E-state index in [1.165, 1.54) is 5.56 Å². The summed E-state index contributed by atoms with van der Waals surface area (Å²) in [6, 6.07) is 2.46. The Kier molecular flexibility index (Phi) is 6.41. The van der Waals surface area contributed by atoms with Crippen LogP contribution in [0.5, 0.6) is 0 Å². The van der Waals surface area contributed by atoms with Crippen LogP contribution in [0.25, 0.3) is 0 Å². The van der Waals surface area contributed by atoms with Crippen molar-refractivity contribution in [2.45, 2.75) is 32.9 Å². The number of carbonyl (C=O) groups excluding carboxylic acids is 2. The van der Waals surface area contributed by atoms with Gasteiger partial charge >= 0.3 is 6.03 Å². The zero-order valence-corrected chi connectivity index (χ0v) is 14.9. The van der Waals surface area contributed by atoms with E-state index in [9.17, 15) is 9.59 Å². The number of hydrogen-bond acceptors (Lipinski definition) is 4. The molecule has 1 aromatic rings. The molecule has 1 atom stereocenters. The summed E-state index contributed by atoms with van der Waals surface area (Å²) in [4.78, 5) is 27.8. The standard InChI is InChI=1S/C16H26N4O2S/c1-12(2)18-15(21)10-17-16(22)20-7-5-19(6-8-20)13(3)14-4-9-23-11-14/h4,9,11-13H,5-8,10H2,1-3H3,(H,17,22)(H,18,21)/t13-/m1/s1. The lowest BCUT2D eigenvalue weighted by molar-refractivity contribution is -0.120. The summed E-state index contributed by atoms with van der Waals surface area (Å²) >= 11 is 1.71. The molecule has 0 bridgehead atoms. The topological polar surface area (TPSA) is 64.7 Å². The van der Waals surface area contributed by atoms with E-state index in [4.69, 9.17) is 0 Å². The number of rotatable bonds is 5. The fourth-order valence-electron chi connectivity index (χ4n) is 2.68. The minimum Gasteiger partial charge on any atom is -0.352 e. The Morgan fingerprint density at radius 1 is 1.22 bits per heavy atom. The number of nitrogens with one attached hydrogen (secondary N) is 2. The fourth-order valence-corrected chi connectivity index (χ4v) is 3.42. The maximum absolute atomic E-state index is 12.1. The first-order valence-corrected chi connectivity index (χ1v) is 9.00. The third-order valence-corrected chi connectivity index (χ3v) is 4.73. The van der Waals surface area contributed by atoms with E-state index in [0.717, 1.165) is 13.1 Å². The fraction of sp³-hybridized carbons (Fsp3) is 0.625. The molecule has 1 aliphatic heterocycles. The van der Waals surface area contributed by atoms with Gasteiger partial charge in [-0.3, -0.25) is 9.69 Å². The predicted molar refractivity (Wildman–Crippen MR) is 92.6 cm³/mol. The van der Waals surface area contributed by atoms with Gasteiger partial charge in [-0.25, -0.2) is 4.79 Å². The molecule has 0 saturated carbocycles. The second-order valence-electron chi connectivity index (χ2n) is 6.14. The monoisotopic (exact) mass is 338 g/mol. The molecule has 2 N–H and O–H groups in total. The van der Waals surface area contributed by atoms with Gasteiger partial charge in [0.1, 0.15) is 0 Å². The Hall–Kier alpha value is -1.60. The number of nitrogens with zero attached hydrogens (tertiary/aromatic N) is 2. The van der Waals surface area contributed by atoms with Crippen molar-refractivity contribution in [1.82, 2.24) is 20.4 Å². The zero-order valence-electron chi connectivity index (χ0n) is 14.0. The lowest BCUT2D eigenvalue weighted by Crippen LogP contribution is -2.53. The SMILES string of the molecule is CC(C)NC(=O)CNC(=O)N1CCN([C@H](C)c2ccsc2)CC1. The second-order valence-corrected chi connectivity index (χ2v) is 6.92. The van der Waals surface area contributed by atoms with Crippen molar-refractivity contribution < 1.29 is 9.59 Å². The van der Waals surface area contributed by atoms with E-state index in [2.05, 4.69) is 39.3 Å². The highest BCUT2D eigenvalue weighted by Gasteiger charge is 2.25. The number of thiophene rings is 1. The molecule has 7 heteroatoms. The summed E-state index contributed by atoms with van der Waals surface area (Å²) in [5, 5.41) is 9.72. The molecular weight excluding hydrogens is 312 g/mol. The van der Waals surface area contributed by atoms with Crippen molar-refractivity contribution >= 4 is 23.3 Å². The minimum absolute atomic E-state index is 0.0303. The Labute approximate surface area is 141 Å². The largest absolute Gasteiger partial charge is 0.352 e. The smallest absolute Gasteiger partial charge is 0.317 e. The molecule has 0 spiro atoms. The molecule has 1 aromatic heterocycles. The summed E-state index contributed by atoms with van der Waals surface area (Å²) in [7, 11) is 0. The molecule has 0 aromatic carbocycles. The summed E-state index contributed by atoms with van der Waals surface area (Å²) in [6.07, 6.45) is 0. The highest BCUT2D eigenvalue weighted by atomic mass is 32.1. The molecule has 23 heavy (non-hydrogen) atoms. The van der Waals surface area contributed by atoms with Crippen LogP contribution in [0.2, 0.25) is 0 Å². The maximum atomic E-state index is 12.1. The summed E-state index contributed by atoms with van der Waals surface area (Å²) in [5.41, 5.74) is 1.33. The highest BCUT2D eigenvalue weighted by molar-refractivity contribution is 7.07. The van der Waals surface area contributed by atoms with Crippen LogP contribution in [-0.4, -0.2) is 60.5 Å².